The molecule has 8 amide bonds. The molecule has 0 bridgehead atoms. The summed E-state index contributed by atoms with van der Waals surface area (Å²) in [5, 5.41) is 4.48. The van der Waals surface area contributed by atoms with Crippen LogP contribution in [0.2, 0.25) is 0 Å². The number of unbranched alkanes of at least 4 members (excludes halogenated alkanes) is 2. The molecule has 10 atom stereocenters. The van der Waals surface area contributed by atoms with Gasteiger partial charge in [-0.15, -0.1) is 13.2 Å². The van der Waals surface area contributed by atoms with Crippen molar-refractivity contribution in [3.8, 4) is 0 Å². The zero-order chi connectivity index (χ0) is 61.3. The van der Waals surface area contributed by atoms with Crippen LogP contribution in [-0.2, 0) is 71.1 Å². The monoisotopic (exact) mass is 1220 g/mol. The number of anilines is 2. The number of para-hydroxylation sites is 2. The van der Waals surface area contributed by atoms with E-state index >= 15 is 0 Å². The number of amides is 8. The summed E-state index contributed by atoms with van der Waals surface area (Å²) in [6, 6.07) is 15.2. The molecule has 0 unspecified atom stereocenters. The summed E-state index contributed by atoms with van der Waals surface area (Å²) < 4.78 is 66.3. The lowest BCUT2D eigenvalue weighted by Gasteiger charge is -2.26. The van der Waals surface area contributed by atoms with Gasteiger partial charge in [0.25, 0.3) is 11.8 Å². The molecule has 24 heteroatoms. The van der Waals surface area contributed by atoms with Crippen molar-refractivity contribution in [2.45, 2.75) is 149 Å². The number of carbonyl (C=O) groups excluding carboxylic acids is 8. The molecule has 11 rings (SSSR count). The van der Waals surface area contributed by atoms with Crippen LogP contribution in [0, 0.1) is 35.5 Å². The number of allylic oxidation sites excluding steroid dienone is 2. The van der Waals surface area contributed by atoms with Crippen molar-refractivity contribution in [1.29, 1.82) is 0 Å². The average Bonchev–Trinajstić information content (AvgIpc) is 1.86. The van der Waals surface area contributed by atoms with Crippen LogP contribution in [-0.4, -0.2) is 148 Å². The van der Waals surface area contributed by atoms with Gasteiger partial charge in [0.2, 0.25) is 43.7 Å². The highest BCUT2D eigenvalue weighted by molar-refractivity contribution is 7.91. The number of benzene rings is 2. The molecule has 86 heavy (non-hydrogen) atoms. The minimum atomic E-state index is -3.83. The molecule has 6 saturated carbocycles. The largest absolute Gasteiger partial charge is 0.446 e. The SMILES string of the molecule is C=CCCCCN(C)C(=O)[C@@H]1C[C@H](OC(=O)N2CCc3ccccc32)C[C@H]1C(=O)N[C@]1(C(=O)NS(=O)(=O)C2CC2)C[C@H]1C=C.CN1CCCC/C=C\[C@@H]2C[C@@]2(C(=O)NS(=O)(=O)C2CC2)NC(=O)[C@@H]2C[C@@H](OC(=O)N3CCc4ccccc43)C[C@H]2C1=O. The van der Waals surface area contributed by atoms with E-state index in [1.54, 1.807) is 33.7 Å². The first-order chi connectivity index (χ1) is 41.1. The molecule has 0 aromatic heterocycles. The smallest absolute Gasteiger partial charge is 0.414 e. The van der Waals surface area contributed by atoms with Crippen molar-refractivity contribution in [2.24, 2.45) is 35.5 Å². The predicted octanol–water partition coefficient (Wildman–Crippen LogP) is 5.33. The third-order valence-electron chi connectivity index (χ3n) is 18.7. The Morgan fingerprint density at radius 1 is 0.733 bits per heavy atom. The van der Waals surface area contributed by atoms with E-state index in [0.717, 1.165) is 67.4 Å². The zero-order valence-electron chi connectivity index (χ0n) is 49.0. The number of nitrogens with one attached hydrogen (secondary N) is 4. The molecule has 4 N–H and O–H groups in total. The summed E-state index contributed by atoms with van der Waals surface area (Å²) >= 11 is 0. The fourth-order valence-electron chi connectivity index (χ4n) is 13.1. The third-order valence-corrected chi connectivity index (χ3v) is 22.3. The third kappa shape index (κ3) is 13.4. The molecule has 22 nitrogen and oxygen atoms in total. The van der Waals surface area contributed by atoms with Gasteiger partial charge in [0.15, 0.2) is 0 Å². The van der Waals surface area contributed by atoms with Crippen molar-refractivity contribution >= 4 is 79.1 Å². The predicted molar refractivity (Wildman–Crippen MR) is 319 cm³/mol. The van der Waals surface area contributed by atoms with Gasteiger partial charge < -0.3 is 29.9 Å². The quantitative estimate of drug-likeness (QED) is 0.115. The summed E-state index contributed by atoms with van der Waals surface area (Å²) in [6.07, 6.45) is 14.1. The Morgan fingerprint density at radius 3 is 1.88 bits per heavy atom. The zero-order valence-corrected chi connectivity index (χ0v) is 50.6. The second-order valence-corrected chi connectivity index (χ2v) is 28.7. The molecule has 2 aromatic carbocycles. The molecule has 6 aliphatic carbocycles. The van der Waals surface area contributed by atoms with Gasteiger partial charge >= 0.3 is 12.2 Å². The van der Waals surface area contributed by atoms with Gasteiger partial charge in [0.05, 0.1) is 45.5 Å². The number of carbonyl (C=O) groups is 8. The van der Waals surface area contributed by atoms with Crippen LogP contribution >= 0.6 is 0 Å². The summed E-state index contributed by atoms with van der Waals surface area (Å²) in [5.74, 6) is -7.03. The summed E-state index contributed by atoms with van der Waals surface area (Å²) in [5.41, 5.74) is 0.842. The van der Waals surface area contributed by atoms with Gasteiger partial charge in [-0.3, -0.25) is 48.0 Å². The van der Waals surface area contributed by atoms with Crippen LogP contribution in [0.15, 0.2) is 86.0 Å². The van der Waals surface area contributed by atoms with Crippen LogP contribution in [0.3, 0.4) is 0 Å². The highest BCUT2D eigenvalue weighted by Gasteiger charge is 2.64. The second kappa shape index (κ2) is 25.3. The van der Waals surface area contributed by atoms with E-state index in [-0.39, 0.29) is 56.3 Å². The van der Waals surface area contributed by atoms with Crippen molar-refractivity contribution in [1.82, 2.24) is 29.9 Å². The Labute approximate surface area is 503 Å². The molecule has 3 heterocycles. The Kier molecular flexibility index (Phi) is 18.3. The molecular formula is C62H80N8O14S2. The molecule has 2 aromatic rings. The van der Waals surface area contributed by atoms with Crippen LogP contribution in [0.5, 0.6) is 0 Å². The van der Waals surface area contributed by atoms with Gasteiger partial charge in [-0.05, 0) is 139 Å². The van der Waals surface area contributed by atoms with Crippen molar-refractivity contribution in [3.05, 3.63) is 97.1 Å². The van der Waals surface area contributed by atoms with E-state index < -0.39 is 119 Å². The fourth-order valence-corrected chi connectivity index (χ4v) is 15.8. The van der Waals surface area contributed by atoms with Crippen molar-refractivity contribution in [2.75, 3.05) is 50.1 Å². The summed E-state index contributed by atoms with van der Waals surface area (Å²) in [4.78, 5) is 114. The van der Waals surface area contributed by atoms with E-state index in [9.17, 15) is 55.2 Å². The van der Waals surface area contributed by atoms with Gasteiger partial charge in [-0.2, -0.15) is 0 Å². The van der Waals surface area contributed by atoms with Crippen molar-refractivity contribution < 1.29 is 64.7 Å². The number of sulfonamides is 2. The van der Waals surface area contributed by atoms with Crippen LogP contribution in [0.4, 0.5) is 21.0 Å². The lowest BCUT2D eigenvalue weighted by Crippen LogP contribution is -2.54. The lowest BCUT2D eigenvalue weighted by molar-refractivity contribution is -0.141. The number of ether oxygens (including phenoxy) is 2. The molecule has 6 fully saturated rings. The lowest BCUT2D eigenvalue weighted by atomic mass is 9.93. The number of fused-ring (bicyclic) bond motifs is 4. The normalized spacial score (nSPS) is 29.6. The van der Waals surface area contributed by atoms with Gasteiger partial charge in [-0.1, -0.05) is 60.7 Å². The van der Waals surface area contributed by atoms with Crippen LogP contribution in [0.25, 0.3) is 0 Å². The van der Waals surface area contributed by atoms with Crippen molar-refractivity contribution in [3.63, 3.8) is 0 Å². The first-order valence-electron chi connectivity index (χ1n) is 30.4. The molecule has 464 valence electrons. The van der Waals surface area contributed by atoms with E-state index in [0.29, 0.717) is 58.3 Å². The average molecular weight is 1230 g/mol. The Bertz CT molecular complexity index is 3290. The molecular weight excluding hydrogens is 1140 g/mol. The highest BCUT2D eigenvalue weighted by atomic mass is 32.2. The van der Waals surface area contributed by atoms with Crippen LogP contribution in [0.1, 0.15) is 114 Å². The number of rotatable bonds is 17. The van der Waals surface area contributed by atoms with Gasteiger partial charge in [-0.25, -0.2) is 26.4 Å². The maximum Gasteiger partial charge on any atom is 0.414 e. The molecule has 9 aliphatic rings. The minimum Gasteiger partial charge on any atom is -0.446 e. The van der Waals surface area contributed by atoms with E-state index in [4.69, 9.17) is 9.47 Å². The maximum absolute atomic E-state index is 13.9. The number of nitrogens with zero attached hydrogens (tertiary/aromatic N) is 4. The first-order valence-corrected chi connectivity index (χ1v) is 33.5. The van der Waals surface area contributed by atoms with Crippen LogP contribution < -0.4 is 29.9 Å². The number of hydrogen-bond donors (Lipinski definition) is 4. The fraction of sp³-hybridized carbons (Fsp3) is 0.581. The molecule has 0 radical (unpaired) electrons. The standard InChI is InChI=1S/C32H42N4O7S.C30H38N4O7S/c1-4-6-7-10-16-35(3)29(38)26-19-23(43-31(40)36-17-15-21-11-8-9-12-27(21)36)18-25(26)28(37)33-32(20-22(32)5-2)30(39)34-44(41,42)24-13-14-24;1-33-14-7-3-2-4-9-20-18-30(20,28(37)32-42(39,40)22-11-12-22)31-26(35)23-16-21(17-24(23)27(33)36)41-29(38)34-15-13-19-8-5-6-10-25(19)34/h4-5,8-9,11-12,22-26H,1-2,6-7,10,13-20H2,3H3,(H,33,37)(H,34,39);4-6,8-10,20-24H,2-3,7,11-18H2,1H3,(H,31,35)(H,32,37)/b;9-4-/t22-,23-,25-,26-,32-;20-,21-,23-,24-,30-/m11/s1. The van der Waals surface area contributed by atoms with E-state index in [2.05, 4.69) is 33.2 Å². The first kappa shape index (κ1) is 62.0. The number of hydrogen-bond acceptors (Lipinski definition) is 14. The van der Waals surface area contributed by atoms with Gasteiger partial charge in [0.1, 0.15) is 23.3 Å². The maximum atomic E-state index is 13.9. The topological polar surface area (TPSA) is 284 Å². The molecule has 0 spiro atoms. The summed E-state index contributed by atoms with van der Waals surface area (Å²) in [6.45, 7) is 9.49. The van der Waals surface area contributed by atoms with E-state index in [1.807, 2.05) is 66.8 Å². The Hall–Kier alpha value is -7.08. The minimum absolute atomic E-state index is 0.102. The highest BCUT2D eigenvalue weighted by Crippen LogP contribution is 2.49. The molecule has 3 aliphatic heterocycles. The van der Waals surface area contributed by atoms with E-state index in [1.165, 1.54) is 6.08 Å². The summed E-state index contributed by atoms with van der Waals surface area (Å²) in [7, 11) is -4.23. The Balaban J connectivity index is 0.000000191. The Morgan fingerprint density at radius 2 is 1.30 bits per heavy atom. The second-order valence-electron chi connectivity index (χ2n) is 24.8. The molecule has 0 saturated heterocycles. The van der Waals surface area contributed by atoms with Gasteiger partial charge in [0, 0.05) is 52.1 Å².